The number of rotatable bonds is 4. The highest BCUT2D eigenvalue weighted by atomic mass is 16.5. The predicted octanol–water partition coefficient (Wildman–Crippen LogP) is 4.35. The van der Waals surface area contributed by atoms with E-state index in [2.05, 4.69) is 17.5 Å². The highest BCUT2D eigenvalue weighted by Crippen LogP contribution is 2.31. The fourth-order valence-corrected chi connectivity index (χ4v) is 3.34. The maximum absolute atomic E-state index is 8.45. The van der Waals surface area contributed by atoms with Crippen molar-refractivity contribution in [2.24, 2.45) is 0 Å². The lowest BCUT2D eigenvalue weighted by molar-refractivity contribution is 0.130. The van der Waals surface area contributed by atoms with E-state index in [9.17, 15) is 0 Å². The van der Waals surface area contributed by atoms with Crippen molar-refractivity contribution in [2.75, 3.05) is 19.7 Å². The van der Waals surface area contributed by atoms with Gasteiger partial charge >= 0.3 is 0 Å². The molecule has 1 saturated heterocycles. The highest BCUT2D eigenvalue weighted by molar-refractivity contribution is 5.96. The maximum atomic E-state index is 8.45. The van der Waals surface area contributed by atoms with Crippen LogP contribution in [0.15, 0.2) is 41.5 Å². The molecule has 0 radical (unpaired) electrons. The van der Waals surface area contributed by atoms with Gasteiger partial charge in [0, 0.05) is 38.4 Å². The largest absolute Gasteiger partial charge is 0.493 e. The highest BCUT2D eigenvalue weighted by Gasteiger charge is 2.24. The number of benzene rings is 1. The number of nitrogens with zero attached hydrogens (tertiary/aromatic N) is 1. The summed E-state index contributed by atoms with van der Waals surface area (Å²) >= 11 is 0. The van der Waals surface area contributed by atoms with Crippen molar-refractivity contribution in [3.05, 3.63) is 47.1 Å². The maximum Gasteiger partial charge on any atom is 0.126 e. The minimum atomic E-state index is 0.204. The first kappa shape index (κ1) is 17.6. The fourth-order valence-electron chi connectivity index (χ4n) is 3.34. The van der Waals surface area contributed by atoms with Crippen LogP contribution < -0.4 is 9.47 Å². The number of piperidine rings is 1. The van der Waals surface area contributed by atoms with Crippen LogP contribution >= 0.6 is 0 Å². The quantitative estimate of drug-likeness (QED) is 0.503. The molecular weight excluding hydrogens is 312 g/mol. The van der Waals surface area contributed by atoms with E-state index < -0.39 is 0 Å². The number of amidine groups is 1. The molecule has 2 heterocycles. The van der Waals surface area contributed by atoms with Gasteiger partial charge in [0.15, 0.2) is 0 Å². The van der Waals surface area contributed by atoms with Gasteiger partial charge in [-0.05, 0) is 43.5 Å². The van der Waals surface area contributed by atoms with Crippen molar-refractivity contribution in [2.45, 2.75) is 46.1 Å². The molecule has 3 rings (SSSR count). The third-order valence-electron chi connectivity index (χ3n) is 5.29. The first-order valence-corrected chi connectivity index (χ1v) is 9.05. The molecule has 134 valence electrons. The average molecular weight is 340 g/mol. The molecule has 1 fully saturated rings. The van der Waals surface area contributed by atoms with Gasteiger partial charge in [0.2, 0.25) is 0 Å². The second-order valence-corrected chi connectivity index (χ2v) is 7.05. The summed E-state index contributed by atoms with van der Waals surface area (Å²) in [5, 5.41) is 8.45. The van der Waals surface area contributed by atoms with Crippen molar-refractivity contribution < 1.29 is 9.47 Å². The van der Waals surface area contributed by atoms with E-state index >= 15 is 0 Å². The molecule has 4 heteroatoms. The number of likely N-dealkylation sites (tertiary alicyclic amines) is 1. The predicted molar refractivity (Wildman–Crippen MR) is 102 cm³/mol. The lowest BCUT2D eigenvalue weighted by Crippen LogP contribution is -2.42. The first-order valence-electron chi connectivity index (χ1n) is 9.05. The molecule has 2 aliphatic heterocycles. The lowest BCUT2D eigenvalue weighted by atomic mass is 10.0. The summed E-state index contributed by atoms with van der Waals surface area (Å²) in [6.07, 6.45) is 3.06. The third-order valence-corrected chi connectivity index (χ3v) is 5.29. The monoisotopic (exact) mass is 340 g/mol. The minimum Gasteiger partial charge on any atom is -0.493 e. The molecule has 0 bridgehead atoms. The van der Waals surface area contributed by atoms with E-state index in [0.29, 0.717) is 5.84 Å². The van der Waals surface area contributed by atoms with Crippen LogP contribution in [0.3, 0.4) is 0 Å². The van der Waals surface area contributed by atoms with Gasteiger partial charge in [0.25, 0.3) is 0 Å². The SMILES string of the molecule is C=C(C)/C(C)=C(/C)C(=N)N1CCC(Oc2ccc3c(c2)OCC3)CC1. The smallest absolute Gasteiger partial charge is 0.126 e. The molecule has 0 unspecified atom stereocenters. The molecule has 1 N–H and O–H groups in total. The Labute approximate surface area is 150 Å². The molecule has 0 amide bonds. The molecule has 0 aromatic heterocycles. The lowest BCUT2D eigenvalue weighted by Gasteiger charge is -2.34. The minimum absolute atomic E-state index is 0.204. The first-order chi connectivity index (χ1) is 12.0. The van der Waals surface area contributed by atoms with E-state index in [1.54, 1.807) is 0 Å². The number of nitrogens with one attached hydrogen (secondary N) is 1. The molecule has 2 aliphatic rings. The van der Waals surface area contributed by atoms with Crippen molar-refractivity contribution in [3.8, 4) is 11.5 Å². The van der Waals surface area contributed by atoms with Crippen LogP contribution in [0, 0.1) is 5.41 Å². The van der Waals surface area contributed by atoms with Crippen molar-refractivity contribution in [3.63, 3.8) is 0 Å². The summed E-state index contributed by atoms with van der Waals surface area (Å²) < 4.78 is 11.8. The van der Waals surface area contributed by atoms with E-state index in [1.807, 2.05) is 32.9 Å². The van der Waals surface area contributed by atoms with Gasteiger partial charge in [0.1, 0.15) is 23.4 Å². The van der Waals surface area contributed by atoms with E-state index in [4.69, 9.17) is 14.9 Å². The standard InChI is InChI=1S/C21H28N2O2/c1-14(2)15(3)16(4)21(22)23-10-7-18(8-11-23)25-19-6-5-17-9-12-24-20(17)13-19/h5-6,13,18,22H,1,7-12H2,2-4H3/b16-15-,22-21?. The Bertz CT molecular complexity index is 713. The molecule has 0 aliphatic carbocycles. The summed E-state index contributed by atoms with van der Waals surface area (Å²) in [5.41, 5.74) is 4.43. The Morgan fingerprint density at radius 1 is 1.20 bits per heavy atom. The van der Waals surface area contributed by atoms with Crippen LogP contribution in [-0.2, 0) is 6.42 Å². The van der Waals surface area contributed by atoms with Crippen molar-refractivity contribution in [1.82, 2.24) is 4.90 Å². The molecule has 1 aromatic rings. The Morgan fingerprint density at radius 3 is 2.60 bits per heavy atom. The van der Waals surface area contributed by atoms with E-state index in [0.717, 1.165) is 67.2 Å². The molecule has 0 saturated carbocycles. The fraction of sp³-hybridized carbons (Fsp3) is 0.476. The second kappa shape index (κ2) is 7.34. The molecule has 25 heavy (non-hydrogen) atoms. The Kier molecular flexibility index (Phi) is 5.16. The topological polar surface area (TPSA) is 45.6 Å². The van der Waals surface area contributed by atoms with Crippen LogP contribution in [0.5, 0.6) is 11.5 Å². The summed E-state index contributed by atoms with van der Waals surface area (Å²) in [6, 6.07) is 6.17. The van der Waals surface area contributed by atoms with Gasteiger partial charge < -0.3 is 14.4 Å². The van der Waals surface area contributed by atoms with E-state index in [1.165, 1.54) is 5.56 Å². The number of ether oxygens (including phenoxy) is 2. The van der Waals surface area contributed by atoms with Crippen LogP contribution in [0.4, 0.5) is 0 Å². The zero-order chi connectivity index (χ0) is 18.0. The Balaban J connectivity index is 1.56. The number of fused-ring (bicyclic) bond motifs is 1. The normalized spacial score (nSPS) is 18.3. The number of hydrogen-bond acceptors (Lipinski definition) is 3. The van der Waals surface area contributed by atoms with Gasteiger partial charge in [-0.25, -0.2) is 0 Å². The molecule has 1 aromatic carbocycles. The van der Waals surface area contributed by atoms with Gasteiger partial charge in [0.05, 0.1) is 6.61 Å². The van der Waals surface area contributed by atoms with E-state index in [-0.39, 0.29) is 6.10 Å². The molecule has 4 nitrogen and oxygen atoms in total. The Morgan fingerprint density at radius 2 is 1.92 bits per heavy atom. The summed E-state index contributed by atoms with van der Waals surface area (Å²) in [7, 11) is 0. The molecular formula is C21H28N2O2. The summed E-state index contributed by atoms with van der Waals surface area (Å²) in [4.78, 5) is 2.15. The van der Waals surface area contributed by atoms with Crippen molar-refractivity contribution >= 4 is 5.84 Å². The van der Waals surface area contributed by atoms with Gasteiger partial charge in [-0.1, -0.05) is 18.2 Å². The zero-order valence-electron chi connectivity index (χ0n) is 15.5. The zero-order valence-corrected chi connectivity index (χ0v) is 15.5. The average Bonchev–Trinajstić information content (AvgIpc) is 3.08. The second-order valence-electron chi connectivity index (χ2n) is 7.05. The van der Waals surface area contributed by atoms with Crippen LogP contribution in [0.1, 0.15) is 39.2 Å². The summed E-state index contributed by atoms with van der Waals surface area (Å²) in [6.45, 7) is 12.5. The number of hydrogen-bond donors (Lipinski definition) is 1. The third kappa shape index (κ3) is 3.89. The van der Waals surface area contributed by atoms with Crippen LogP contribution in [-0.4, -0.2) is 36.5 Å². The van der Waals surface area contributed by atoms with Crippen LogP contribution in [0.25, 0.3) is 0 Å². The molecule has 0 spiro atoms. The van der Waals surface area contributed by atoms with Gasteiger partial charge in [-0.2, -0.15) is 0 Å². The van der Waals surface area contributed by atoms with Gasteiger partial charge in [-0.15, -0.1) is 0 Å². The molecule has 0 atom stereocenters. The number of allylic oxidation sites excluding steroid dienone is 2. The van der Waals surface area contributed by atoms with Crippen molar-refractivity contribution in [1.29, 1.82) is 5.41 Å². The summed E-state index contributed by atoms with van der Waals surface area (Å²) in [5.74, 6) is 2.47. The van der Waals surface area contributed by atoms with Gasteiger partial charge in [-0.3, -0.25) is 5.41 Å². The van der Waals surface area contributed by atoms with Crippen LogP contribution in [0.2, 0.25) is 0 Å². The Hall–Kier alpha value is -2.23.